The number of rotatable bonds is 5. The van der Waals surface area contributed by atoms with Gasteiger partial charge in [-0.2, -0.15) is 0 Å². The maximum atomic E-state index is 2.72. The van der Waals surface area contributed by atoms with Crippen LogP contribution in [0.2, 0.25) is 0 Å². The van der Waals surface area contributed by atoms with Crippen molar-refractivity contribution in [3.05, 3.63) is 23.8 Å². The molecule has 0 spiro atoms. The lowest BCUT2D eigenvalue weighted by atomic mass is 9.51. The first-order valence-corrected chi connectivity index (χ1v) is 13.9. The van der Waals surface area contributed by atoms with Crippen molar-refractivity contribution in [3.63, 3.8) is 0 Å². The third-order valence-corrected chi connectivity index (χ3v) is 9.11. The SMILES string of the molecule is CC.CCC.CCCCCC(C)C1CCC2C3CCC4=CC=CC[C@H]4C3CCC12C. The van der Waals surface area contributed by atoms with Crippen molar-refractivity contribution in [2.75, 3.05) is 0 Å². The summed E-state index contributed by atoms with van der Waals surface area (Å²) < 4.78 is 0. The molecule has 0 heteroatoms. The first-order valence-electron chi connectivity index (χ1n) is 13.9. The average Bonchev–Trinajstić information content (AvgIpc) is 3.13. The molecule has 0 aromatic heterocycles. The van der Waals surface area contributed by atoms with Gasteiger partial charge in [0.1, 0.15) is 0 Å². The van der Waals surface area contributed by atoms with Crippen molar-refractivity contribution in [3.8, 4) is 0 Å². The molecule has 30 heavy (non-hydrogen) atoms. The fraction of sp³-hybridized carbons (Fsp3) is 0.867. The molecule has 0 aliphatic heterocycles. The van der Waals surface area contributed by atoms with E-state index in [-0.39, 0.29) is 0 Å². The van der Waals surface area contributed by atoms with Crippen LogP contribution in [0.3, 0.4) is 0 Å². The van der Waals surface area contributed by atoms with Crippen LogP contribution in [0, 0.1) is 40.9 Å². The minimum Gasteiger partial charge on any atom is -0.0839 e. The van der Waals surface area contributed by atoms with E-state index in [9.17, 15) is 0 Å². The quantitative estimate of drug-likeness (QED) is 0.392. The van der Waals surface area contributed by atoms with Gasteiger partial charge < -0.3 is 0 Å². The largest absolute Gasteiger partial charge is 0.0839 e. The molecule has 0 radical (unpaired) electrons. The molecular weight excluding hydrogens is 360 g/mol. The second kappa shape index (κ2) is 12.5. The smallest absolute Gasteiger partial charge is 0.0134 e. The molecular formula is C30H54. The van der Waals surface area contributed by atoms with E-state index < -0.39 is 0 Å². The third kappa shape index (κ3) is 5.45. The lowest BCUT2D eigenvalue weighted by molar-refractivity contribution is -0.0304. The van der Waals surface area contributed by atoms with E-state index in [0.717, 1.165) is 35.5 Å². The summed E-state index contributed by atoms with van der Waals surface area (Å²) in [6, 6.07) is 0. The highest BCUT2D eigenvalue weighted by Crippen LogP contribution is 2.65. The molecule has 0 amide bonds. The summed E-state index contributed by atoms with van der Waals surface area (Å²) in [6.45, 7) is 15.9. The van der Waals surface area contributed by atoms with Crippen molar-refractivity contribution in [1.29, 1.82) is 0 Å². The van der Waals surface area contributed by atoms with E-state index in [1.165, 1.54) is 70.6 Å². The summed E-state index contributed by atoms with van der Waals surface area (Å²) >= 11 is 0. The van der Waals surface area contributed by atoms with Gasteiger partial charge in [-0.05, 0) is 85.9 Å². The van der Waals surface area contributed by atoms with E-state index >= 15 is 0 Å². The molecule has 4 rings (SSSR count). The summed E-state index contributed by atoms with van der Waals surface area (Å²) in [7, 11) is 0. The summed E-state index contributed by atoms with van der Waals surface area (Å²) in [5.74, 6) is 5.97. The van der Waals surface area contributed by atoms with Crippen molar-refractivity contribution >= 4 is 0 Å². The normalized spacial score (nSPS) is 37.3. The van der Waals surface area contributed by atoms with E-state index in [4.69, 9.17) is 0 Å². The fourth-order valence-corrected chi connectivity index (χ4v) is 7.87. The Kier molecular flexibility index (Phi) is 10.7. The van der Waals surface area contributed by atoms with E-state index in [0.29, 0.717) is 5.41 Å². The zero-order valence-corrected chi connectivity index (χ0v) is 21.7. The van der Waals surface area contributed by atoms with Crippen LogP contribution in [0.1, 0.15) is 126 Å². The van der Waals surface area contributed by atoms with Gasteiger partial charge in [0.05, 0.1) is 0 Å². The molecule has 3 fully saturated rings. The molecule has 0 N–H and O–H groups in total. The van der Waals surface area contributed by atoms with E-state index in [2.05, 4.69) is 52.8 Å². The fourth-order valence-electron chi connectivity index (χ4n) is 7.87. The van der Waals surface area contributed by atoms with Crippen molar-refractivity contribution in [2.24, 2.45) is 40.9 Å². The molecule has 4 aliphatic rings. The molecule has 6 unspecified atom stereocenters. The maximum Gasteiger partial charge on any atom is -0.0134 e. The molecule has 174 valence electrons. The number of unbranched alkanes of at least 4 members (excludes halogenated alkanes) is 2. The standard InChI is InChI=1S/C25H40.C3H8.C2H6/c1-4-5-6-9-18(2)23-14-15-24-22-13-12-19-10-7-8-11-20(19)21(22)16-17-25(23,24)3;1-3-2;1-2/h7-8,10,18,20-24H,4-6,9,11-17H2,1-3H3;3H2,1-2H3;1-2H3/t18?,20-,21?,22?,23?,24?,25?;;/m1../s1. The monoisotopic (exact) mass is 414 g/mol. The Bertz CT molecular complexity index is 540. The number of allylic oxidation sites excluding steroid dienone is 4. The Balaban J connectivity index is 0.000000590. The second-order valence-corrected chi connectivity index (χ2v) is 10.9. The molecule has 0 bridgehead atoms. The van der Waals surface area contributed by atoms with Gasteiger partial charge in [-0.3, -0.25) is 0 Å². The van der Waals surface area contributed by atoms with Crippen molar-refractivity contribution in [1.82, 2.24) is 0 Å². The number of hydrogen-bond acceptors (Lipinski definition) is 0. The molecule has 3 saturated carbocycles. The van der Waals surface area contributed by atoms with Gasteiger partial charge >= 0.3 is 0 Å². The highest BCUT2D eigenvalue weighted by Gasteiger charge is 2.56. The number of hydrogen-bond donors (Lipinski definition) is 0. The lowest BCUT2D eigenvalue weighted by Crippen LogP contribution is -2.46. The van der Waals surface area contributed by atoms with Gasteiger partial charge in [0.25, 0.3) is 0 Å². The van der Waals surface area contributed by atoms with E-state index in [1.807, 2.05) is 13.8 Å². The summed E-state index contributed by atoms with van der Waals surface area (Å²) in [5.41, 5.74) is 2.47. The predicted molar refractivity (Wildman–Crippen MR) is 136 cm³/mol. The Labute approximate surface area is 190 Å². The minimum absolute atomic E-state index is 0.665. The van der Waals surface area contributed by atoms with Crippen LogP contribution in [0.15, 0.2) is 23.8 Å². The Morgan fingerprint density at radius 1 is 1.00 bits per heavy atom. The highest BCUT2D eigenvalue weighted by molar-refractivity contribution is 5.25. The van der Waals surface area contributed by atoms with Crippen LogP contribution in [-0.4, -0.2) is 0 Å². The Hall–Kier alpha value is -0.520. The van der Waals surface area contributed by atoms with Crippen LogP contribution < -0.4 is 0 Å². The molecule has 0 nitrogen and oxygen atoms in total. The molecule has 0 heterocycles. The van der Waals surface area contributed by atoms with Crippen LogP contribution in [-0.2, 0) is 0 Å². The maximum absolute atomic E-state index is 2.72. The number of fused-ring (bicyclic) bond motifs is 5. The third-order valence-electron chi connectivity index (χ3n) is 9.11. The summed E-state index contributed by atoms with van der Waals surface area (Å²) in [5, 5.41) is 0. The average molecular weight is 415 g/mol. The summed E-state index contributed by atoms with van der Waals surface area (Å²) in [6.07, 6.45) is 24.6. The van der Waals surface area contributed by atoms with Crippen molar-refractivity contribution < 1.29 is 0 Å². The highest BCUT2D eigenvalue weighted by atomic mass is 14.6. The van der Waals surface area contributed by atoms with Crippen LogP contribution >= 0.6 is 0 Å². The van der Waals surface area contributed by atoms with Crippen LogP contribution in [0.5, 0.6) is 0 Å². The predicted octanol–water partition coefficient (Wildman–Crippen LogP) is 10.0. The summed E-state index contributed by atoms with van der Waals surface area (Å²) in [4.78, 5) is 0. The Morgan fingerprint density at radius 2 is 1.73 bits per heavy atom. The van der Waals surface area contributed by atoms with Gasteiger partial charge in [0, 0.05) is 0 Å². The lowest BCUT2D eigenvalue weighted by Gasteiger charge is -2.54. The van der Waals surface area contributed by atoms with Gasteiger partial charge in [0.2, 0.25) is 0 Å². The second-order valence-electron chi connectivity index (χ2n) is 10.9. The van der Waals surface area contributed by atoms with Gasteiger partial charge in [-0.15, -0.1) is 0 Å². The minimum atomic E-state index is 0.665. The molecule has 7 atom stereocenters. The molecule has 4 aliphatic carbocycles. The molecule has 0 saturated heterocycles. The topological polar surface area (TPSA) is 0 Å². The van der Waals surface area contributed by atoms with Gasteiger partial charge in [-0.1, -0.05) is 104 Å². The Morgan fingerprint density at radius 3 is 2.43 bits per heavy atom. The zero-order valence-electron chi connectivity index (χ0n) is 21.7. The van der Waals surface area contributed by atoms with Crippen LogP contribution in [0.25, 0.3) is 0 Å². The van der Waals surface area contributed by atoms with Crippen molar-refractivity contribution in [2.45, 2.75) is 126 Å². The molecule has 0 aromatic carbocycles. The molecule has 0 aromatic rings. The first-order chi connectivity index (χ1) is 14.6. The zero-order chi connectivity index (χ0) is 22.1. The first kappa shape index (κ1) is 25.7. The van der Waals surface area contributed by atoms with Gasteiger partial charge in [0.15, 0.2) is 0 Å². The van der Waals surface area contributed by atoms with E-state index in [1.54, 1.807) is 12.0 Å². The van der Waals surface area contributed by atoms with Crippen LogP contribution in [0.4, 0.5) is 0 Å². The van der Waals surface area contributed by atoms with Gasteiger partial charge in [-0.25, -0.2) is 0 Å².